The number of hydrogen-bond donors (Lipinski definition) is 0. The van der Waals surface area contributed by atoms with Gasteiger partial charge in [0.25, 0.3) is 5.91 Å². The predicted octanol–water partition coefficient (Wildman–Crippen LogP) is 3.42. The van der Waals surface area contributed by atoms with Crippen molar-refractivity contribution in [3.05, 3.63) is 72.8 Å². The standard InChI is InChI=1S/C21H19FN4O2/c22-17-4-1-2-6-20(17)28-13-21(27)26-9-3-5-19(26)18-8-7-15(12-25-18)16-10-23-14-24-11-16/h1-2,4,6-8,10-12,14,19H,3,5,9,13H2/t19-/m1/s1. The number of carbonyl (C=O) groups excluding carboxylic acids is 1. The molecule has 2 aromatic heterocycles. The Hall–Kier alpha value is -3.35. The Balaban J connectivity index is 1.44. The van der Waals surface area contributed by atoms with Gasteiger partial charge < -0.3 is 9.64 Å². The molecule has 6 nitrogen and oxygen atoms in total. The second-order valence-electron chi connectivity index (χ2n) is 6.56. The lowest BCUT2D eigenvalue weighted by molar-refractivity contribution is -0.134. The third-order valence-corrected chi connectivity index (χ3v) is 4.78. The minimum Gasteiger partial charge on any atom is -0.481 e. The molecule has 0 saturated carbocycles. The van der Waals surface area contributed by atoms with E-state index in [1.165, 1.54) is 18.5 Å². The van der Waals surface area contributed by atoms with E-state index < -0.39 is 5.82 Å². The number of carbonyl (C=O) groups is 1. The molecule has 0 unspecified atom stereocenters. The van der Waals surface area contributed by atoms with E-state index in [2.05, 4.69) is 15.0 Å². The van der Waals surface area contributed by atoms with Gasteiger partial charge in [0.1, 0.15) is 6.33 Å². The number of ether oxygens (including phenoxy) is 1. The number of amides is 1. The first-order chi connectivity index (χ1) is 13.7. The highest BCUT2D eigenvalue weighted by atomic mass is 19.1. The number of rotatable bonds is 5. The molecule has 0 radical (unpaired) electrons. The van der Waals surface area contributed by atoms with Crippen LogP contribution in [0.2, 0.25) is 0 Å². The predicted molar refractivity (Wildman–Crippen MR) is 101 cm³/mol. The Kier molecular flexibility index (Phi) is 5.23. The van der Waals surface area contributed by atoms with E-state index in [-0.39, 0.29) is 24.3 Å². The van der Waals surface area contributed by atoms with Crippen molar-refractivity contribution >= 4 is 5.91 Å². The second kappa shape index (κ2) is 8.12. The quantitative estimate of drug-likeness (QED) is 0.680. The molecule has 0 N–H and O–H groups in total. The highest BCUT2D eigenvalue weighted by Crippen LogP contribution is 2.31. The van der Waals surface area contributed by atoms with Gasteiger partial charge in [0.2, 0.25) is 0 Å². The van der Waals surface area contributed by atoms with Crippen LogP contribution in [0.15, 0.2) is 61.3 Å². The Morgan fingerprint density at radius 3 is 2.68 bits per heavy atom. The van der Waals surface area contributed by atoms with Crippen molar-refractivity contribution in [2.24, 2.45) is 0 Å². The van der Waals surface area contributed by atoms with Crippen LogP contribution in [-0.2, 0) is 4.79 Å². The van der Waals surface area contributed by atoms with E-state index in [0.717, 1.165) is 29.7 Å². The summed E-state index contributed by atoms with van der Waals surface area (Å²) >= 11 is 0. The maximum atomic E-state index is 13.7. The number of halogens is 1. The number of nitrogens with zero attached hydrogens (tertiary/aromatic N) is 4. The molecule has 0 bridgehead atoms. The average Bonchev–Trinajstić information content (AvgIpc) is 3.24. The van der Waals surface area contributed by atoms with Crippen molar-refractivity contribution in [1.29, 1.82) is 0 Å². The molecule has 7 heteroatoms. The van der Waals surface area contributed by atoms with Crippen LogP contribution in [0.25, 0.3) is 11.1 Å². The van der Waals surface area contributed by atoms with Gasteiger partial charge >= 0.3 is 0 Å². The number of hydrogen-bond acceptors (Lipinski definition) is 5. The normalized spacial score (nSPS) is 16.2. The van der Waals surface area contributed by atoms with Crippen LogP contribution < -0.4 is 4.74 Å². The lowest BCUT2D eigenvalue weighted by atomic mass is 10.1. The highest BCUT2D eigenvalue weighted by molar-refractivity contribution is 5.78. The summed E-state index contributed by atoms with van der Waals surface area (Å²) in [5.74, 6) is -0.567. The van der Waals surface area contributed by atoms with Gasteiger partial charge in [-0.2, -0.15) is 0 Å². The number of aromatic nitrogens is 3. The Morgan fingerprint density at radius 1 is 1.11 bits per heavy atom. The first-order valence-electron chi connectivity index (χ1n) is 9.10. The summed E-state index contributed by atoms with van der Waals surface area (Å²) in [6.45, 7) is 0.441. The number of pyridine rings is 1. The van der Waals surface area contributed by atoms with E-state index >= 15 is 0 Å². The summed E-state index contributed by atoms with van der Waals surface area (Å²) in [6.07, 6.45) is 8.45. The molecular formula is C21H19FN4O2. The largest absolute Gasteiger partial charge is 0.481 e. The molecule has 1 fully saturated rings. The minimum atomic E-state index is -0.476. The lowest BCUT2D eigenvalue weighted by Gasteiger charge is -2.24. The fourth-order valence-corrected chi connectivity index (χ4v) is 3.38. The van der Waals surface area contributed by atoms with E-state index in [1.54, 1.807) is 35.6 Å². The van der Waals surface area contributed by atoms with Gasteiger partial charge in [-0.15, -0.1) is 0 Å². The summed E-state index contributed by atoms with van der Waals surface area (Å²) in [7, 11) is 0. The maximum absolute atomic E-state index is 13.7. The van der Waals surface area contributed by atoms with Crippen LogP contribution in [0, 0.1) is 5.82 Å². The van der Waals surface area contributed by atoms with E-state index in [9.17, 15) is 9.18 Å². The SMILES string of the molecule is O=C(COc1ccccc1F)N1CCC[C@@H]1c1ccc(-c2cncnc2)cn1. The monoisotopic (exact) mass is 378 g/mol. The van der Waals surface area contributed by atoms with E-state index in [0.29, 0.717) is 6.54 Å². The summed E-state index contributed by atoms with van der Waals surface area (Å²) in [5.41, 5.74) is 2.64. The third kappa shape index (κ3) is 3.83. The van der Waals surface area contributed by atoms with Crippen LogP contribution >= 0.6 is 0 Å². The van der Waals surface area contributed by atoms with Crippen molar-refractivity contribution in [2.45, 2.75) is 18.9 Å². The van der Waals surface area contributed by atoms with Crippen LogP contribution in [0.3, 0.4) is 0 Å². The molecular weight excluding hydrogens is 359 g/mol. The van der Waals surface area contributed by atoms with Crippen LogP contribution in [0.1, 0.15) is 24.6 Å². The van der Waals surface area contributed by atoms with Gasteiger partial charge in [0.05, 0.1) is 11.7 Å². The maximum Gasteiger partial charge on any atom is 0.261 e. The summed E-state index contributed by atoms with van der Waals surface area (Å²) in [4.78, 5) is 27.0. The zero-order valence-electron chi connectivity index (χ0n) is 15.2. The molecule has 0 spiro atoms. The number of benzene rings is 1. The number of likely N-dealkylation sites (tertiary alicyclic amines) is 1. The summed E-state index contributed by atoms with van der Waals surface area (Å²) < 4.78 is 19.0. The van der Waals surface area contributed by atoms with E-state index in [1.807, 2.05) is 12.1 Å². The van der Waals surface area contributed by atoms with Gasteiger partial charge in [-0.1, -0.05) is 18.2 Å². The fourth-order valence-electron chi connectivity index (χ4n) is 3.38. The first kappa shape index (κ1) is 18.0. The summed E-state index contributed by atoms with van der Waals surface area (Å²) in [5, 5.41) is 0. The van der Waals surface area contributed by atoms with Crippen LogP contribution in [0.4, 0.5) is 4.39 Å². The molecule has 1 atom stereocenters. The van der Waals surface area contributed by atoms with Crippen LogP contribution in [-0.4, -0.2) is 38.9 Å². The van der Waals surface area contributed by atoms with Gasteiger partial charge in [-0.25, -0.2) is 14.4 Å². The van der Waals surface area contributed by atoms with Crippen LogP contribution in [0.5, 0.6) is 5.75 Å². The zero-order valence-corrected chi connectivity index (χ0v) is 15.2. The minimum absolute atomic E-state index is 0.0826. The average molecular weight is 378 g/mol. The second-order valence-corrected chi connectivity index (χ2v) is 6.56. The lowest BCUT2D eigenvalue weighted by Crippen LogP contribution is -2.34. The van der Waals surface area contributed by atoms with Crippen molar-refractivity contribution in [2.75, 3.05) is 13.2 Å². The van der Waals surface area contributed by atoms with Crippen molar-refractivity contribution < 1.29 is 13.9 Å². The molecule has 0 aliphatic carbocycles. The fraction of sp³-hybridized carbons (Fsp3) is 0.238. The molecule has 1 saturated heterocycles. The molecule has 3 aromatic rings. The number of para-hydroxylation sites is 1. The molecule has 4 rings (SSSR count). The molecule has 28 heavy (non-hydrogen) atoms. The molecule has 1 amide bonds. The Labute approximate surface area is 162 Å². The van der Waals surface area contributed by atoms with Gasteiger partial charge in [-0.05, 0) is 31.0 Å². The molecule has 1 aliphatic heterocycles. The topological polar surface area (TPSA) is 68.2 Å². The summed E-state index contributed by atoms with van der Waals surface area (Å²) in [6, 6.07) is 9.85. The molecule has 1 aliphatic rings. The van der Waals surface area contributed by atoms with Crippen molar-refractivity contribution in [1.82, 2.24) is 19.9 Å². The van der Waals surface area contributed by atoms with E-state index in [4.69, 9.17) is 4.74 Å². The van der Waals surface area contributed by atoms with Gasteiger partial charge in [-0.3, -0.25) is 9.78 Å². The Morgan fingerprint density at radius 2 is 1.93 bits per heavy atom. The highest BCUT2D eigenvalue weighted by Gasteiger charge is 2.31. The molecule has 142 valence electrons. The molecule has 3 heterocycles. The smallest absolute Gasteiger partial charge is 0.261 e. The first-order valence-corrected chi connectivity index (χ1v) is 9.10. The van der Waals surface area contributed by atoms with Gasteiger partial charge in [0.15, 0.2) is 18.2 Å². The van der Waals surface area contributed by atoms with Crippen molar-refractivity contribution in [3.8, 4) is 16.9 Å². The van der Waals surface area contributed by atoms with Crippen molar-refractivity contribution in [3.63, 3.8) is 0 Å². The third-order valence-electron chi connectivity index (χ3n) is 4.78. The zero-order chi connectivity index (χ0) is 19.3. The molecule has 1 aromatic carbocycles. The Bertz CT molecular complexity index is 950. The van der Waals surface area contributed by atoms with Gasteiger partial charge in [0, 0.05) is 36.3 Å².